The van der Waals surface area contributed by atoms with Crippen molar-refractivity contribution in [3.05, 3.63) is 58.3 Å². The van der Waals surface area contributed by atoms with Crippen LogP contribution in [0.15, 0.2) is 47.2 Å². The van der Waals surface area contributed by atoms with Crippen LogP contribution >= 0.6 is 15.9 Å². The Bertz CT molecular complexity index is 502. The van der Waals surface area contributed by atoms with Crippen LogP contribution in [0.25, 0.3) is 0 Å². The second-order valence-electron chi connectivity index (χ2n) is 3.57. The van der Waals surface area contributed by atoms with Gasteiger partial charge in [-0.1, -0.05) is 34.1 Å². The van der Waals surface area contributed by atoms with Crippen LogP contribution in [-0.2, 0) is 13.2 Å². The molecule has 2 rings (SSSR count). The Morgan fingerprint density at radius 1 is 1.18 bits per heavy atom. The van der Waals surface area contributed by atoms with Gasteiger partial charge in [0.2, 0.25) is 0 Å². The molecule has 0 bridgehead atoms. The first-order valence-corrected chi connectivity index (χ1v) is 6.09. The maximum absolute atomic E-state index is 5.74. The molecule has 0 amide bonds. The summed E-state index contributed by atoms with van der Waals surface area (Å²) < 4.78 is 6.79. The Hall–Kier alpha value is -1.39. The quantitative estimate of drug-likeness (QED) is 0.943. The second-order valence-corrected chi connectivity index (χ2v) is 4.42. The molecule has 1 heterocycles. The second kappa shape index (κ2) is 5.80. The van der Waals surface area contributed by atoms with Gasteiger partial charge in [0.1, 0.15) is 12.4 Å². The minimum absolute atomic E-state index is 0.430. The van der Waals surface area contributed by atoms with Crippen molar-refractivity contribution in [1.82, 2.24) is 4.98 Å². The maximum atomic E-state index is 5.74. The smallest absolute Gasteiger partial charge is 0.127 e. The van der Waals surface area contributed by atoms with E-state index in [1.54, 1.807) is 12.4 Å². The zero-order valence-corrected chi connectivity index (χ0v) is 10.9. The normalized spacial score (nSPS) is 10.2. The third-order valence-corrected chi connectivity index (χ3v) is 3.19. The number of halogens is 1. The molecule has 0 spiro atoms. The summed E-state index contributed by atoms with van der Waals surface area (Å²) in [6, 6.07) is 9.81. The molecule has 4 heteroatoms. The molecule has 2 N–H and O–H groups in total. The number of nitrogens with zero attached hydrogens (tertiary/aromatic N) is 1. The first-order chi connectivity index (χ1) is 8.31. The molecule has 0 aliphatic carbocycles. The minimum Gasteiger partial charge on any atom is -0.488 e. The summed E-state index contributed by atoms with van der Waals surface area (Å²) in [6.45, 7) is 0.942. The zero-order chi connectivity index (χ0) is 12.1. The predicted octanol–water partition coefficient (Wildman–Crippen LogP) is 2.88. The third kappa shape index (κ3) is 3.05. The van der Waals surface area contributed by atoms with Crippen LogP contribution in [0.5, 0.6) is 5.75 Å². The van der Waals surface area contributed by atoms with Gasteiger partial charge in [0.05, 0.1) is 0 Å². The molecular weight excluding hydrogens is 280 g/mol. The Morgan fingerprint density at radius 3 is 2.76 bits per heavy atom. The van der Waals surface area contributed by atoms with Gasteiger partial charge < -0.3 is 10.5 Å². The predicted molar refractivity (Wildman–Crippen MR) is 70.6 cm³/mol. The van der Waals surface area contributed by atoms with Crippen molar-refractivity contribution in [3.63, 3.8) is 0 Å². The molecule has 1 aromatic carbocycles. The van der Waals surface area contributed by atoms with Crippen LogP contribution in [0.1, 0.15) is 11.1 Å². The molecule has 0 aliphatic rings. The van der Waals surface area contributed by atoms with E-state index in [1.165, 1.54) is 0 Å². The van der Waals surface area contributed by atoms with E-state index in [-0.39, 0.29) is 0 Å². The highest BCUT2D eigenvalue weighted by Crippen LogP contribution is 2.21. The molecule has 0 saturated heterocycles. The Balaban J connectivity index is 2.10. The van der Waals surface area contributed by atoms with E-state index in [4.69, 9.17) is 10.5 Å². The maximum Gasteiger partial charge on any atom is 0.127 e. The van der Waals surface area contributed by atoms with Crippen molar-refractivity contribution in [2.24, 2.45) is 5.73 Å². The number of hydrogen-bond acceptors (Lipinski definition) is 3. The fourth-order valence-corrected chi connectivity index (χ4v) is 1.88. The lowest BCUT2D eigenvalue weighted by atomic mass is 10.2. The standard InChI is InChI=1S/C13H13BrN2O/c14-12-4-2-1-3-10(12)9-17-13-5-6-16-8-11(13)7-15/h1-6,8H,7,9,15H2. The molecule has 88 valence electrons. The molecule has 0 saturated carbocycles. The van der Waals surface area contributed by atoms with Gasteiger partial charge in [-0.05, 0) is 12.1 Å². The van der Waals surface area contributed by atoms with Gasteiger partial charge in [-0.15, -0.1) is 0 Å². The lowest BCUT2D eigenvalue weighted by Gasteiger charge is -2.10. The average Bonchev–Trinajstić information content (AvgIpc) is 2.38. The lowest BCUT2D eigenvalue weighted by Crippen LogP contribution is -2.03. The first kappa shape index (κ1) is 12.1. The monoisotopic (exact) mass is 292 g/mol. The summed E-state index contributed by atoms with van der Waals surface area (Å²) in [5.41, 5.74) is 7.64. The lowest BCUT2D eigenvalue weighted by molar-refractivity contribution is 0.302. The number of pyridine rings is 1. The van der Waals surface area contributed by atoms with Crippen LogP contribution < -0.4 is 10.5 Å². The van der Waals surface area contributed by atoms with Gasteiger partial charge in [-0.25, -0.2) is 0 Å². The fourth-order valence-electron chi connectivity index (χ4n) is 1.48. The van der Waals surface area contributed by atoms with Crippen LogP contribution in [0.2, 0.25) is 0 Å². The fraction of sp³-hybridized carbons (Fsp3) is 0.154. The third-order valence-electron chi connectivity index (χ3n) is 2.42. The van der Waals surface area contributed by atoms with Gasteiger partial charge in [-0.2, -0.15) is 0 Å². The van der Waals surface area contributed by atoms with E-state index in [0.717, 1.165) is 21.3 Å². The highest BCUT2D eigenvalue weighted by atomic mass is 79.9. The summed E-state index contributed by atoms with van der Waals surface area (Å²) in [6.07, 6.45) is 3.43. The molecule has 0 aliphatic heterocycles. The molecule has 3 nitrogen and oxygen atoms in total. The molecule has 2 aromatic rings. The van der Waals surface area contributed by atoms with Gasteiger partial charge in [0, 0.05) is 34.5 Å². The van der Waals surface area contributed by atoms with Crippen molar-refractivity contribution in [2.75, 3.05) is 0 Å². The van der Waals surface area contributed by atoms with Crippen molar-refractivity contribution < 1.29 is 4.74 Å². The van der Waals surface area contributed by atoms with Gasteiger partial charge >= 0.3 is 0 Å². The SMILES string of the molecule is NCc1cnccc1OCc1ccccc1Br. The van der Waals surface area contributed by atoms with E-state index >= 15 is 0 Å². The number of aromatic nitrogens is 1. The number of ether oxygens (including phenoxy) is 1. The molecule has 0 unspecified atom stereocenters. The molecule has 0 radical (unpaired) electrons. The van der Waals surface area contributed by atoms with E-state index in [9.17, 15) is 0 Å². The van der Waals surface area contributed by atoms with Gasteiger partial charge in [0.25, 0.3) is 0 Å². The average molecular weight is 293 g/mol. The van der Waals surface area contributed by atoms with E-state index in [0.29, 0.717) is 13.2 Å². The van der Waals surface area contributed by atoms with Crippen LogP contribution in [0.3, 0.4) is 0 Å². The van der Waals surface area contributed by atoms with Crippen molar-refractivity contribution >= 4 is 15.9 Å². The summed E-state index contributed by atoms with van der Waals surface area (Å²) in [4.78, 5) is 4.02. The van der Waals surface area contributed by atoms with Gasteiger partial charge in [0.15, 0.2) is 0 Å². The zero-order valence-electron chi connectivity index (χ0n) is 9.27. The highest BCUT2D eigenvalue weighted by Gasteiger charge is 2.03. The number of rotatable bonds is 4. The summed E-state index contributed by atoms with van der Waals surface area (Å²) in [7, 11) is 0. The van der Waals surface area contributed by atoms with Crippen molar-refractivity contribution in [1.29, 1.82) is 0 Å². The van der Waals surface area contributed by atoms with E-state index in [1.807, 2.05) is 30.3 Å². The molecule has 17 heavy (non-hydrogen) atoms. The number of nitrogens with two attached hydrogens (primary N) is 1. The minimum atomic E-state index is 0.430. The number of benzene rings is 1. The number of hydrogen-bond donors (Lipinski definition) is 1. The van der Waals surface area contributed by atoms with Crippen LogP contribution in [0, 0.1) is 0 Å². The van der Waals surface area contributed by atoms with E-state index < -0.39 is 0 Å². The van der Waals surface area contributed by atoms with Crippen molar-refractivity contribution in [3.8, 4) is 5.75 Å². The first-order valence-electron chi connectivity index (χ1n) is 5.30. The summed E-state index contributed by atoms with van der Waals surface area (Å²) in [5, 5.41) is 0. The Labute approximate surface area is 109 Å². The molecular formula is C13H13BrN2O. The molecule has 0 fully saturated rings. The van der Waals surface area contributed by atoms with Crippen molar-refractivity contribution in [2.45, 2.75) is 13.2 Å². The van der Waals surface area contributed by atoms with Crippen LogP contribution in [0.4, 0.5) is 0 Å². The topological polar surface area (TPSA) is 48.1 Å². The molecule has 1 aromatic heterocycles. The summed E-state index contributed by atoms with van der Waals surface area (Å²) >= 11 is 3.49. The largest absolute Gasteiger partial charge is 0.488 e. The molecule has 0 atom stereocenters. The van der Waals surface area contributed by atoms with Gasteiger partial charge in [-0.3, -0.25) is 4.98 Å². The van der Waals surface area contributed by atoms with E-state index in [2.05, 4.69) is 20.9 Å². The Kier molecular flexibility index (Phi) is 4.12. The van der Waals surface area contributed by atoms with Crippen LogP contribution in [-0.4, -0.2) is 4.98 Å². The summed E-state index contributed by atoms with van der Waals surface area (Å²) in [5.74, 6) is 0.790. The Morgan fingerprint density at radius 2 is 2.00 bits per heavy atom. The highest BCUT2D eigenvalue weighted by molar-refractivity contribution is 9.10.